The number of benzene rings is 1. The van der Waals surface area contributed by atoms with E-state index < -0.39 is 0 Å². The average Bonchev–Trinajstić information content (AvgIpc) is 3.11. The summed E-state index contributed by atoms with van der Waals surface area (Å²) in [4.78, 5) is 14.8. The average molecular weight is 312 g/mol. The molecule has 2 heterocycles. The molecule has 1 aliphatic carbocycles. The zero-order chi connectivity index (χ0) is 15.6. The summed E-state index contributed by atoms with van der Waals surface area (Å²) in [6.45, 7) is 1.23. The third-order valence-corrected chi connectivity index (χ3v) is 4.78. The number of hydrogen-bond donors (Lipinski definition) is 0. The lowest BCUT2D eigenvalue weighted by molar-refractivity contribution is -0.0760. The van der Waals surface area contributed by atoms with E-state index in [9.17, 15) is 4.79 Å². The van der Waals surface area contributed by atoms with E-state index in [-0.39, 0.29) is 18.1 Å². The van der Waals surface area contributed by atoms with Crippen LogP contribution in [0.15, 0.2) is 40.9 Å². The molecule has 1 aliphatic heterocycles. The van der Waals surface area contributed by atoms with Crippen LogP contribution in [0, 0.1) is 0 Å². The minimum absolute atomic E-state index is 0.0696. The first-order valence-electron chi connectivity index (χ1n) is 8.27. The first-order valence-corrected chi connectivity index (χ1v) is 8.27. The zero-order valence-electron chi connectivity index (χ0n) is 13.0. The lowest BCUT2D eigenvalue weighted by atomic mass is 9.90. The molecule has 2 aliphatic rings. The molecule has 2 atom stereocenters. The monoisotopic (exact) mass is 312 g/mol. The Kier molecular flexibility index (Phi) is 3.87. The van der Waals surface area contributed by atoms with Crippen LogP contribution in [0.1, 0.15) is 36.2 Å². The molecule has 120 valence electrons. The number of carbonyl (C=O) groups is 1. The summed E-state index contributed by atoms with van der Waals surface area (Å²) in [6.07, 6.45) is 4.57. The van der Waals surface area contributed by atoms with E-state index in [0.29, 0.717) is 24.6 Å². The van der Waals surface area contributed by atoms with Crippen molar-refractivity contribution in [3.05, 3.63) is 42.2 Å². The number of morpholine rings is 1. The minimum Gasteiger partial charge on any atom is -0.374 e. The van der Waals surface area contributed by atoms with Gasteiger partial charge in [-0.25, -0.2) is 0 Å². The van der Waals surface area contributed by atoms with E-state index in [1.54, 1.807) is 6.07 Å². The fourth-order valence-electron chi connectivity index (χ4n) is 3.61. The first-order chi connectivity index (χ1) is 11.3. The van der Waals surface area contributed by atoms with Crippen molar-refractivity contribution in [2.24, 2.45) is 0 Å². The molecule has 4 rings (SSSR count). The third kappa shape index (κ3) is 2.77. The molecule has 0 unspecified atom stereocenters. The van der Waals surface area contributed by atoms with Gasteiger partial charge in [-0.05, 0) is 12.8 Å². The molecule has 1 saturated heterocycles. The van der Waals surface area contributed by atoms with Crippen LogP contribution in [-0.2, 0) is 4.74 Å². The van der Waals surface area contributed by atoms with Gasteiger partial charge in [-0.2, -0.15) is 0 Å². The second-order valence-electron chi connectivity index (χ2n) is 6.20. The van der Waals surface area contributed by atoms with E-state index in [1.165, 1.54) is 6.42 Å². The Hall–Kier alpha value is -2.14. The summed E-state index contributed by atoms with van der Waals surface area (Å²) in [6, 6.07) is 11.7. The second-order valence-corrected chi connectivity index (χ2v) is 6.20. The van der Waals surface area contributed by atoms with Crippen LogP contribution >= 0.6 is 0 Å². The summed E-state index contributed by atoms with van der Waals surface area (Å²) in [5, 5.41) is 4.05. The number of rotatable bonds is 2. The topological polar surface area (TPSA) is 55.6 Å². The summed E-state index contributed by atoms with van der Waals surface area (Å²) < 4.78 is 11.2. The van der Waals surface area contributed by atoms with E-state index in [1.807, 2.05) is 35.2 Å². The van der Waals surface area contributed by atoms with Crippen LogP contribution in [0.2, 0.25) is 0 Å². The summed E-state index contributed by atoms with van der Waals surface area (Å²) in [7, 11) is 0. The van der Waals surface area contributed by atoms with Crippen molar-refractivity contribution in [3.63, 3.8) is 0 Å². The van der Waals surface area contributed by atoms with Crippen molar-refractivity contribution in [1.29, 1.82) is 0 Å². The number of ether oxygens (including phenoxy) is 1. The van der Waals surface area contributed by atoms with Crippen LogP contribution < -0.4 is 0 Å². The van der Waals surface area contributed by atoms with E-state index in [0.717, 1.165) is 24.8 Å². The smallest absolute Gasteiger partial charge is 0.292 e. The van der Waals surface area contributed by atoms with Crippen molar-refractivity contribution in [3.8, 4) is 11.3 Å². The third-order valence-electron chi connectivity index (χ3n) is 4.78. The maximum absolute atomic E-state index is 12.8. The highest BCUT2D eigenvalue weighted by atomic mass is 16.5. The van der Waals surface area contributed by atoms with Gasteiger partial charge in [-0.15, -0.1) is 0 Å². The largest absolute Gasteiger partial charge is 0.374 e. The summed E-state index contributed by atoms with van der Waals surface area (Å²) in [5.41, 5.74) is 1.65. The molecule has 1 aromatic heterocycles. The molecule has 5 heteroatoms. The van der Waals surface area contributed by atoms with Gasteiger partial charge >= 0.3 is 0 Å². The van der Waals surface area contributed by atoms with Gasteiger partial charge in [0, 0.05) is 18.2 Å². The lowest BCUT2D eigenvalue weighted by Crippen LogP contribution is -2.54. The predicted octanol–water partition coefficient (Wildman–Crippen LogP) is 3.13. The summed E-state index contributed by atoms with van der Waals surface area (Å²) in [5.74, 6) is 0.245. The molecule has 2 fully saturated rings. The van der Waals surface area contributed by atoms with Crippen molar-refractivity contribution < 1.29 is 14.1 Å². The predicted molar refractivity (Wildman–Crippen MR) is 85.0 cm³/mol. The quantitative estimate of drug-likeness (QED) is 0.855. The SMILES string of the molecule is O=C(c1cc(-c2ccccc2)no1)N1CCO[C@H]2CCCC[C@H]21. The Morgan fingerprint density at radius 1 is 1.17 bits per heavy atom. The van der Waals surface area contributed by atoms with E-state index >= 15 is 0 Å². The molecule has 5 nitrogen and oxygen atoms in total. The van der Waals surface area contributed by atoms with Gasteiger partial charge in [0.15, 0.2) is 0 Å². The number of nitrogens with zero attached hydrogens (tertiary/aromatic N) is 2. The zero-order valence-corrected chi connectivity index (χ0v) is 13.0. The normalized spacial score (nSPS) is 24.3. The number of amides is 1. The van der Waals surface area contributed by atoms with Gasteiger partial charge in [0.25, 0.3) is 5.91 Å². The van der Waals surface area contributed by atoms with Crippen LogP contribution in [0.5, 0.6) is 0 Å². The van der Waals surface area contributed by atoms with Crippen LogP contribution in [0.3, 0.4) is 0 Å². The molecule has 1 aromatic carbocycles. The van der Waals surface area contributed by atoms with Crippen molar-refractivity contribution >= 4 is 5.91 Å². The Morgan fingerprint density at radius 3 is 2.87 bits per heavy atom. The number of hydrogen-bond acceptors (Lipinski definition) is 4. The van der Waals surface area contributed by atoms with Crippen molar-refractivity contribution in [2.75, 3.05) is 13.2 Å². The Labute approximate surface area is 135 Å². The van der Waals surface area contributed by atoms with Crippen LogP contribution in [0.25, 0.3) is 11.3 Å². The maximum Gasteiger partial charge on any atom is 0.292 e. The van der Waals surface area contributed by atoms with Gasteiger partial charge < -0.3 is 14.2 Å². The van der Waals surface area contributed by atoms with Crippen molar-refractivity contribution in [2.45, 2.75) is 37.8 Å². The first kappa shape index (κ1) is 14.5. The Bertz CT molecular complexity index is 681. The molecule has 1 saturated carbocycles. The standard InChI is InChI=1S/C18H20N2O3/c21-18(20-10-11-22-16-9-5-4-8-15(16)20)17-12-14(19-23-17)13-6-2-1-3-7-13/h1-3,6-7,12,15-16H,4-5,8-11H2/t15-,16+/m1/s1. The molecule has 23 heavy (non-hydrogen) atoms. The van der Waals surface area contributed by atoms with Crippen molar-refractivity contribution in [1.82, 2.24) is 10.1 Å². The summed E-state index contributed by atoms with van der Waals surface area (Å²) >= 11 is 0. The van der Waals surface area contributed by atoms with Gasteiger partial charge in [0.2, 0.25) is 5.76 Å². The van der Waals surface area contributed by atoms with Crippen LogP contribution in [0.4, 0.5) is 0 Å². The van der Waals surface area contributed by atoms with Gasteiger partial charge in [-0.3, -0.25) is 4.79 Å². The molecule has 2 aromatic rings. The highest BCUT2D eigenvalue weighted by Crippen LogP contribution is 2.30. The maximum atomic E-state index is 12.8. The molecule has 0 bridgehead atoms. The fourth-order valence-corrected chi connectivity index (χ4v) is 3.61. The van der Waals surface area contributed by atoms with Gasteiger partial charge in [0.05, 0.1) is 18.8 Å². The molecule has 0 N–H and O–H groups in total. The Balaban J connectivity index is 1.56. The fraction of sp³-hybridized carbons (Fsp3) is 0.444. The van der Waals surface area contributed by atoms with Gasteiger partial charge in [0.1, 0.15) is 5.69 Å². The molecule has 0 radical (unpaired) electrons. The minimum atomic E-state index is -0.0696. The molecular formula is C18H20N2O3. The molecule has 0 spiro atoms. The molecule has 1 amide bonds. The van der Waals surface area contributed by atoms with Crippen LogP contribution in [-0.4, -0.2) is 41.3 Å². The number of aromatic nitrogens is 1. The van der Waals surface area contributed by atoms with Gasteiger partial charge in [-0.1, -0.05) is 48.3 Å². The van der Waals surface area contributed by atoms with E-state index in [4.69, 9.17) is 9.26 Å². The number of fused-ring (bicyclic) bond motifs is 1. The Morgan fingerprint density at radius 2 is 2.00 bits per heavy atom. The number of carbonyl (C=O) groups excluding carboxylic acids is 1. The highest BCUT2D eigenvalue weighted by Gasteiger charge is 2.38. The van der Waals surface area contributed by atoms with E-state index in [2.05, 4.69) is 5.16 Å². The lowest BCUT2D eigenvalue weighted by Gasteiger charge is -2.43. The highest BCUT2D eigenvalue weighted by molar-refractivity contribution is 5.92. The second kappa shape index (κ2) is 6.16. The molecular weight excluding hydrogens is 292 g/mol.